The Balaban J connectivity index is 2.84. The van der Waals surface area contributed by atoms with Crippen LogP contribution in [0.3, 0.4) is 0 Å². The Bertz CT molecular complexity index is 538. The van der Waals surface area contributed by atoms with Gasteiger partial charge in [-0.3, -0.25) is 0 Å². The molecule has 0 aromatic heterocycles. The first kappa shape index (κ1) is 10.7. The van der Waals surface area contributed by atoms with Gasteiger partial charge in [0.15, 0.2) is 0 Å². The second-order valence-electron chi connectivity index (χ2n) is 3.86. The van der Waals surface area contributed by atoms with Crippen LogP contribution in [0, 0.1) is 6.92 Å². The lowest BCUT2D eigenvalue weighted by Crippen LogP contribution is -1.92. The number of fused-ring (bicyclic) bond motifs is 1. The zero-order valence-corrected chi connectivity index (χ0v) is 9.95. The van der Waals surface area contributed by atoms with E-state index in [1.54, 1.807) is 7.11 Å². The second-order valence-corrected chi connectivity index (χ2v) is 3.86. The van der Waals surface area contributed by atoms with Crippen molar-refractivity contribution >= 4 is 16.8 Å². The van der Waals surface area contributed by atoms with Crippen molar-refractivity contribution in [1.29, 1.82) is 0 Å². The van der Waals surface area contributed by atoms with E-state index in [0.29, 0.717) is 0 Å². The number of ether oxygens (including phenoxy) is 1. The first-order valence-electron chi connectivity index (χ1n) is 5.47. The van der Waals surface area contributed by atoms with E-state index in [9.17, 15) is 0 Å². The van der Waals surface area contributed by atoms with E-state index in [1.807, 2.05) is 19.1 Å². The largest absolute Gasteiger partial charge is 0.495 e. The van der Waals surface area contributed by atoms with Crippen molar-refractivity contribution in [2.75, 3.05) is 7.11 Å². The summed E-state index contributed by atoms with van der Waals surface area (Å²) in [5.74, 6) is 0.966. The molecule has 16 heavy (non-hydrogen) atoms. The first-order chi connectivity index (χ1) is 7.77. The predicted molar refractivity (Wildman–Crippen MR) is 69.9 cm³/mol. The Morgan fingerprint density at radius 1 is 1.19 bits per heavy atom. The van der Waals surface area contributed by atoms with Gasteiger partial charge in [0, 0.05) is 10.9 Å². The second kappa shape index (κ2) is 4.40. The summed E-state index contributed by atoms with van der Waals surface area (Å²) < 4.78 is 5.54. The fourth-order valence-corrected chi connectivity index (χ4v) is 2.06. The fourth-order valence-electron chi connectivity index (χ4n) is 2.06. The highest BCUT2D eigenvalue weighted by Gasteiger charge is 2.08. The minimum atomic E-state index is 0.966. The Morgan fingerprint density at radius 2 is 1.94 bits per heavy atom. The summed E-state index contributed by atoms with van der Waals surface area (Å²) in [5.41, 5.74) is 2.41. The molecule has 1 heteroatoms. The van der Waals surface area contributed by atoms with Gasteiger partial charge in [0.2, 0.25) is 0 Å². The monoisotopic (exact) mass is 212 g/mol. The van der Waals surface area contributed by atoms with Crippen molar-refractivity contribution in [2.45, 2.75) is 13.8 Å². The highest BCUT2D eigenvalue weighted by Crippen LogP contribution is 2.33. The molecule has 1 nitrogen and oxygen atoms in total. The van der Waals surface area contributed by atoms with Crippen LogP contribution in [-0.4, -0.2) is 7.11 Å². The normalized spacial score (nSPS) is 11.2. The van der Waals surface area contributed by atoms with Crippen LogP contribution in [0.15, 0.2) is 36.4 Å². The molecule has 0 fully saturated rings. The summed E-state index contributed by atoms with van der Waals surface area (Å²) in [7, 11) is 1.73. The molecule has 2 rings (SSSR count). The molecule has 0 N–H and O–H groups in total. The van der Waals surface area contributed by atoms with Gasteiger partial charge < -0.3 is 4.74 Å². The van der Waals surface area contributed by atoms with E-state index in [4.69, 9.17) is 4.74 Å². The standard InChI is InChI=1S/C15H16O/c1-4-7-13-11(2)10-12-8-5-6-9-14(12)15(13)16-3/h4-10H,1-3H3/b7-4-. The van der Waals surface area contributed by atoms with Gasteiger partial charge in [-0.25, -0.2) is 0 Å². The molecule has 0 radical (unpaired) electrons. The van der Waals surface area contributed by atoms with Crippen LogP contribution in [0.25, 0.3) is 16.8 Å². The maximum Gasteiger partial charge on any atom is 0.134 e. The van der Waals surface area contributed by atoms with Gasteiger partial charge in [0.05, 0.1) is 7.11 Å². The quantitative estimate of drug-likeness (QED) is 0.725. The molecule has 0 aliphatic rings. The Morgan fingerprint density at radius 3 is 2.62 bits per heavy atom. The third-order valence-corrected chi connectivity index (χ3v) is 2.78. The van der Waals surface area contributed by atoms with E-state index in [0.717, 1.165) is 5.75 Å². The lowest BCUT2D eigenvalue weighted by molar-refractivity contribution is 0.418. The van der Waals surface area contributed by atoms with Gasteiger partial charge in [-0.15, -0.1) is 0 Å². The molecule has 0 spiro atoms. The predicted octanol–water partition coefficient (Wildman–Crippen LogP) is 4.19. The van der Waals surface area contributed by atoms with Crippen LogP contribution in [0.5, 0.6) is 5.75 Å². The molecule has 82 valence electrons. The number of methoxy groups -OCH3 is 1. The smallest absolute Gasteiger partial charge is 0.134 e. The van der Waals surface area contributed by atoms with Crippen LogP contribution in [0.2, 0.25) is 0 Å². The van der Waals surface area contributed by atoms with Gasteiger partial charge >= 0.3 is 0 Å². The molecular weight excluding hydrogens is 196 g/mol. The van der Waals surface area contributed by atoms with E-state index >= 15 is 0 Å². The number of benzene rings is 2. The van der Waals surface area contributed by atoms with Crippen LogP contribution in [0.1, 0.15) is 18.1 Å². The van der Waals surface area contributed by atoms with Crippen LogP contribution >= 0.6 is 0 Å². The average molecular weight is 212 g/mol. The third-order valence-electron chi connectivity index (χ3n) is 2.78. The third kappa shape index (κ3) is 1.69. The number of rotatable bonds is 2. The molecule has 0 bridgehead atoms. The minimum Gasteiger partial charge on any atom is -0.495 e. The number of allylic oxidation sites excluding steroid dienone is 1. The molecule has 0 saturated heterocycles. The highest BCUT2D eigenvalue weighted by atomic mass is 16.5. The maximum absolute atomic E-state index is 5.54. The Hall–Kier alpha value is -1.76. The van der Waals surface area contributed by atoms with Crippen molar-refractivity contribution in [3.8, 4) is 5.75 Å². The van der Waals surface area contributed by atoms with Crippen molar-refractivity contribution in [3.63, 3.8) is 0 Å². The topological polar surface area (TPSA) is 9.23 Å². The van der Waals surface area contributed by atoms with Crippen molar-refractivity contribution < 1.29 is 4.74 Å². The van der Waals surface area contributed by atoms with Gasteiger partial charge in [0.25, 0.3) is 0 Å². The summed E-state index contributed by atoms with van der Waals surface area (Å²) >= 11 is 0. The fraction of sp³-hybridized carbons (Fsp3) is 0.200. The van der Waals surface area contributed by atoms with Crippen molar-refractivity contribution in [3.05, 3.63) is 47.5 Å². The van der Waals surface area contributed by atoms with E-state index < -0.39 is 0 Å². The molecular formula is C15H16O. The minimum absolute atomic E-state index is 0.966. The summed E-state index contributed by atoms with van der Waals surface area (Å²) in [5, 5.41) is 2.40. The number of hydrogen-bond acceptors (Lipinski definition) is 1. The Kier molecular flexibility index (Phi) is 2.95. The summed E-state index contributed by atoms with van der Waals surface area (Å²) in [6.07, 6.45) is 4.14. The molecule has 0 aliphatic carbocycles. The van der Waals surface area contributed by atoms with E-state index in [-0.39, 0.29) is 0 Å². The summed E-state index contributed by atoms with van der Waals surface area (Å²) in [6, 6.07) is 10.5. The van der Waals surface area contributed by atoms with E-state index in [1.165, 1.54) is 21.9 Å². The molecule has 0 heterocycles. The van der Waals surface area contributed by atoms with Gasteiger partial charge in [-0.05, 0) is 24.8 Å². The van der Waals surface area contributed by atoms with Gasteiger partial charge in [0.1, 0.15) is 5.75 Å². The van der Waals surface area contributed by atoms with Gasteiger partial charge in [-0.2, -0.15) is 0 Å². The highest BCUT2D eigenvalue weighted by molar-refractivity contribution is 5.93. The maximum atomic E-state index is 5.54. The zero-order chi connectivity index (χ0) is 11.5. The lowest BCUT2D eigenvalue weighted by Gasteiger charge is -2.12. The molecule has 0 aliphatic heterocycles. The summed E-state index contributed by atoms with van der Waals surface area (Å²) in [6.45, 7) is 4.14. The first-order valence-corrected chi connectivity index (χ1v) is 5.47. The SMILES string of the molecule is C/C=C\c1c(C)cc2ccccc2c1OC. The molecule has 0 amide bonds. The molecule has 2 aromatic carbocycles. The van der Waals surface area contributed by atoms with Crippen LogP contribution < -0.4 is 4.74 Å². The summed E-state index contributed by atoms with van der Waals surface area (Å²) in [4.78, 5) is 0. The number of aryl methyl sites for hydroxylation is 1. The van der Waals surface area contributed by atoms with Crippen molar-refractivity contribution in [2.24, 2.45) is 0 Å². The van der Waals surface area contributed by atoms with E-state index in [2.05, 4.69) is 37.3 Å². The van der Waals surface area contributed by atoms with Crippen molar-refractivity contribution in [1.82, 2.24) is 0 Å². The zero-order valence-electron chi connectivity index (χ0n) is 9.95. The number of hydrogen-bond donors (Lipinski definition) is 0. The molecule has 2 aromatic rings. The Labute approximate surface area is 96.4 Å². The van der Waals surface area contributed by atoms with Gasteiger partial charge in [-0.1, -0.05) is 42.5 Å². The average Bonchev–Trinajstić information content (AvgIpc) is 2.30. The molecule has 0 unspecified atom stereocenters. The molecule has 0 atom stereocenters. The lowest BCUT2D eigenvalue weighted by atomic mass is 10.00. The van der Waals surface area contributed by atoms with Crippen LogP contribution in [-0.2, 0) is 0 Å². The molecule has 0 saturated carbocycles. The van der Waals surface area contributed by atoms with Crippen LogP contribution in [0.4, 0.5) is 0 Å².